The molecule has 2 heteroatoms. The lowest BCUT2D eigenvalue weighted by Gasteiger charge is -2.32. The van der Waals surface area contributed by atoms with Gasteiger partial charge >= 0.3 is 0 Å². The SMILES string of the molecule is CC(C)(C)C(=O)NCC(C)(C)c1ccccc1C(c1ccccc1)c1ccccc1. The summed E-state index contributed by atoms with van der Waals surface area (Å²) in [5.74, 6) is 0.219. The van der Waals surface area contributed by atoms with Crippen LogP contribution in [-0.4, -0.2) is 12.5 Å². The fourth-order valence-electron chi connectivity index (χ4n) is 3.87. The summed E-state index contributed by atoms with van der Waals surface area (Å²) < 4.78 is 0. The molecule has 3 aromatic carbocycles. The minimum Gasteiger partial charge on any atom is -0.355 e. The molecule has 0 spiro atoms. The third kappa shape index (κ3) is 4.99. The lowest BCUT2D eigenvalue weighted by molar-refractivity contribution is -0.128. The molecule has 2 nitrogen and oxygen atoms in total. The van der Waals surface area contributed by atoms with Crippen LogP contribution in [0, 0.1) is 5.41 Å². The molecule has 156 valence electrons. The second-order valence-electron chi connectivity index (χ2n) is 9.66. The number of hydrogen-bond donors (Lipinski definition) is 1. The van der Waals surface area contributed by atoms with E-state index in [9.17, 15) is 4.79 Å². The van der Waals surface area contributed by atoms with Crippen LogP contribution in [0.5, 0.6) is 0 Å². The number of carbonyl (C=O) groups excluding carboxylic acids is 1. The zero-order valence-electron chi connectivity index (χ0n) is 18.8. The van der Waals surface area contributed by atoms with Gasteiger partial charge in [-0.15, -0.1) is 0 Å². The van der Waals surface area contributed by atoms with Gasteiger partial charge in [-0.25, -0.2) is 0 Å². The van der Waals surface area contributed by atoms with Crippen LogP contribution in [0.25, 0.3) is 0 Å². The van der Waals surface area contributed by atoms with Crippen LogP contribution in [0.3, 0.4) is 0 Å². The topological polar surface area (TPSA) is 29.1 Å². The highest BCUT2D eigenvalue weighted by atomic mass is 16.2. The average Bonchev–Trinajstić information content (AvgIpc) is 2.73. The minimum absolute atomic E-state index is 0.0794. The van der Waals surface area contributed by atoms with Crippen molar-refractivity contribution < 1.29 is 4.79 Å². The van der Waals surface area contributed by atoms with Gasteiger partial charge in [-0.1, -0.05) is 120 Å². The molecule has 0 unspecified atom stereocenters. The highest BCUT2D eigenvalue weighted by Gasteiger charge is 2.30. The Hall–Kier alpha value is -2.87. The lowest BCUT2D eigenvalue weighted by atomic mass is 9.75. The van der Waals surface area contributed by atoms with Gasteiger partial charge in [-0.2, -0.15) is 0 Å². The second kappa shape index (κ2) is 8.87. The van der Waals surface area contributed by atoms with Gasteiger partial charge in [0.15, 0.2) is 0 Å². The number of hydrogen-bond acceptors (Lipinski definition) is 1. The molecule has 0 saturated carbocycles. The molecular formula is C28H33NO. The number of benzene rings is 3. The Balaban J connectivity index is 2.04. The van der Waals surface area contributed by atoms with Crippen molar-refractivity contribution in [2.24, 2.45) is 5.41 Å². The number of amides is 1. The van der Waals surface area contributed by atoms with Crippen molar-refractivity contribution in [2.45, 2.75) is 46.0 Å². The molecule has 0 radical (unpaired) electrons. The summed E-state index contributed by atoms with van der Waals surface area (Å²) in [6.07, 6.45) is 0. The van der Waals surface area contributed by atoms with Gasteiger partial charge in [0.2, 0.25) is 5.91 Å². The fourth-order valence-corrected chi connectivity index (χ4v) is 3.87. The van der Waals surface area contributed by atoms with Crippen LogP contribution in [-0.2, 0) is 10.2 Å². The normalized spacial score (nSPS) is 12.1. The van der Waals surface area contributed by atoms with Gasteiger partial charge < -0.3 is 5.32 Å². The third-order valence-corrected chi connectivity index (χ3v) is 5.64. The Bertz CT molecular complexity index is 929. The predicted octanol–water partition coefficient (Wildman–Crippen LogP) is 6.31. The fraction of sp³-hybridized carbons (Fsp3) is 0.321. The summed E-state index contributed by atoms with van der Waals surface area (Å²) in [5, 5.41) is 3.17. The standard InChI is InChI=1S/C28H33NO/c1-27(2,3)26(30)29-20-28(4,5)24-19-13-12-18-23(24)25(21-14-8-6-9-15-21)22-16-10-7-11-17-22/h6-19,25H,20H2,1-5H3,(H,29,30). The van der Waals surface area contributed by atoms with Crippen molar-refractivity contribution in [3.05, 3.63) is 107 Å². The molecule has 1 N–H and O–H groups in total. The Labute approximate surface area is 181 Å². The van der Waals surface area contributed by atoms with Crippen molar-refractivity contribution in [3.63, 3.8) is 0 Å². The first-order chi connectivity index (χ1) is 14.2. The van der Waals surface area contributed by atoms with Gasteiger partial charge in [0, 0.05) is 23.3 Å². The smallest absolute Gasteiger partial charge is 0.225 e. The van der Waals surface area contributed by atoms with Gasteiger partial charge in [0.05, 0.1) is 0 Å². The van der Waals surface area contributed by atoms with Crippen LogP contribution in [0.2, 0.25) is 0 Å². The molecule has 0 aliphatic heterocycles. The summed E-state index contributed by atoms with van der Waals surface area (Å²) in [6, 6.07) is 30.0. The number of nitrogens with one attached hydrogen (secondary N) is 1. The van der Waals surface area contributed by atoms with E-state index in [2.05, 4.69) is 104 Å². The number of carbonyl (C=O) groups is 1. The molecule has 0 saturated heterocycles. The Morgan fingerprint density at radius 3 is 1.70 bits per heavy atom. The van der Waals surface area contributed by atoms with Crippen LogP contribution in [0.15, 0.2) is 84.9 Å². The van der Waals surface area contributed by atoms with Crippen molar-refractivity contribution >= 4 is 5.91 Å². The van der Waals surface area contributed by atoms with Gasteiger partial charge in [-0.3, -0.25) is 4.79 Å². The first-order valence-electron chi connectivity index (χ1n) is 10.7. The van der Waals surface area contributed by atoms with E-state index in [4.69, 9.17) is 0 Å². The summed E-state index contributed by atoms with van der Waals surface area (Å²) in [6.45, 7) is 10.9. The molecule has 0 aromatic heterocycles. The van der Waals surface area contributed by atoms with E-state index in [1.54, 1.807) is 0 Å². The summed E-state index contributed by atoms with van der Waals surface area (Å²) >= 11 is 0. The summed E-state index contributed by atoms with van der Waals surface area (Å²) in [4.78, 5) is 12.5. The van der Waals surface area contributed by atoms with E-state index in [1.807, 2.05) is 20.8 Å². The maximum absolute atomic E-state index is 12.5. The van der Waals surface area contributed by atoms with E-state index in [0.717, 1.165) is 0 Å². The highest BCUT2D eigenvalue weighted by molar-refractivity contribution is 5.81. The molecule has 3 rings (SSSR count). The van der Waals surface area contributed by atoms with Crippen LogP contribution in [0.4, 0.5) is 0 Å². The highest BCUT2D eigenvalue weighted by Crippen LogP contribution is 2.38. The quantitative estimate of drug-likeness (QED) is 0.484. The van der Waals surface area contributed by atoms with Gasteiger partial charge in [0.25, 0.3) is 0 Å². The maximum Gasteiger partial charge on any atom is 0.225 e. The van der Waals surface area contributed by atoms with E-state index >= 15 is 0 Å². The molecule has 0 fully saturated rings. The molecule has 0 bridgehead atoms. The minimum atomic E-state index is -0.397. The van der Waals surface area contributed by atoms with E-state index in [1.165, 1.54) is 22.3 Å². The molecule has 1 amide bonds. The molecule has 0 heterocycles. The van der Waals surface area contributed by atoms with Crippen molar-refractivity contribution in [2.75, 3.05) is 6.54 Å². The van der Waals surface area contributed by atoms with Crippen molar-refractivity contribution in [1.29, 1.82) is 0 Å². The summed E-state index contributed by atoms with van der Waals surface area (Å²) in [5.41, 5.74) is 4.48. The first kappa shape index (κ1) is 21.8. The van der Waals surface area contributed by atoms with E-state index in [0.29, 0.717) is 6.54 Å². The van der Waals surface area contributed by atoms with E-state index in [-0.39, 0.29) is 17.2 Å². The maximum atomic E-state index is 12.5. The summed E-state index contributed by atoms with van der Waals surface area (Å²) in [7, 11) is 0. The predicted molar refractivity (Wildman–Crippen MR) is 126 cm³/mol. The average molecular weight is 400 g/mol. The van der Waals surface area contributed by atoms with Crippen LogP contribution in [0.1, 0.15) is 62.8 Å². The Morgan fingerprint density at radius 1 is 0.733 bits per heavy atom. The molecule has 30 heavy (non-hydrogen) atoms. The monoisotopic (exact) mass is 399 g/mol. The zero-order chi connectivity index (χ0) is 21.8. The first-order valence-corrected chi connectivity index (χ1v) is 10.7. The van der Waals surface area contributed by atoms with Gasteiger partial charge in [0.1, 0.15) is 0 Å². The number of rotatable bonds is 6. The third-order valence-electron chi connectivity index (χ3n) is 5.64. The largest absolute Gasteiger partial charge is 0.355 e. The zero-order valence-corrected chi connectivity index (χ0v) is 18.8. The van der Waals surface area contributed by atoms with E-state index < -0.39 is 5.41 Å². The molecular weight excluding hydrogens is 366 g/mol. The van der Waals surface area contributed by atoms with Gasteiger partial charge in [-0.05, 0) is 22.3 Å². The van der Waals surface area contributed by atoms with Crippen molar-refractivity contribution in [3.8, 4) is 0 Å². The Morgan fingerprint density at radius 2 is 1.20 bits per heavy atom. The molecule has 0 aliphatic rings. The molecule has 0 atom stereocenters. The second-order valence-corrected chi connectivity index (χ2v) is 9.66. The molecule has 0 aliphatic carbocycles. The van der Waals surface area contributed by atoms with Crippen LogP contribution >= 0.6 is 0 Å². The molecule has 3 aromatic rings. The van der Waals surface area contributed by atoms with Crippen LogP contribution < -0.4 is 5.32 Å². The Kier molecular flexibility index (Phi) is 6.45. The lowest BCUT2D eigenvalue weighted by Crippen LogP contribution is -2.42. The van der Waals surface area contributed by atoms with Crippen molar-refractivity contribution in [1.82, 2.24) is 5.32 Å².